The van der Waals surface area contributed by atoms with Crippen LogP contribution in [-0.4, -0.2) is 16.6 Å². The fourth-order valence-corrected chi connectivity index (χ4v) is 2.69. The number of hydrogen-bond acceptors (Lipinski definition) is 4. The van der Waals surface area contributed by atoms with Crippen LogP contribution in [0.2, 0.25) is 0 Å². The predicted octanol–water partition coefficient (Wildman–Crippen LogP) is 3.48. The average Bonchev–Trinajstić information content (AvgIpc) is 2.54. The van der Waals surface area contributed by atoms with Crippen molar-refractivity contribution in [2.75, 3.05) is 5.75 Å². The van der Waals surface area contributed by atoms with Crippen molar-refractivity contribution in [1.29, 1.82) is 0 Å². The summed E-state index contributed by atoms with van der Waals surface area (Å²) in [7, 11) is 0. The second kappa shape index (κ2) is 7.01. The molecular formula is C15H14F3N3OS. The van der Waals surface area contributed by atoms with Crippen LogP contribution in [0.3, 0.4) is 0 Å². The lowest BCUT2D eigenvalue weighted by atomic mass is 10.1. The maximum absolute atomic E-state index is 12.6. The number of halogens is 3. The summed E-state index contributed by atoms with van der Waals surface area (Å²) < 4.78 is 37.8. The van der Waals surface area contributed by atoms with Crippen molar-refractivity contribution in [1.82, 2.24) is 10.4 Å². The van der Waals surface area contributed by atoms with E-state index < -0.39 is 17.6 Å². The molecule has 0 fully saturated rings. The molecule has 0 aliphatic heterocycles. The molecule has 2 aromatic rings. The number of nitrogens with zero attached hydrogens (tertiary/aromatic N) is 1. The highest BCUT2D eigenvalue weighted by Gasteiger charge is 2.30. The number of nitrogens with one attached hydrogen (secondary N) is 1. The van der Waals surface area contributed by atoms with Crippen LogP contribution in [0.5, 0.6) is 0 Å². The van der Waals surface area contributed by atoms with Crippen molar-refractivity contribution >= 4 is 17.7 Å². The Bertz CT molecular complexity index is 702. The Morgan fingerprint density at radius 3 is 2.39 bits per heavy atom. The lowest BCUT2D eigenvalue weighted by Gasteiger charge is -2.10. The number of rotatable bonds is 4. The van der Waals surface area contributed by atoms with Gasteiger partial charge in [-0.25, -0.2) is 10.8 Å². The molecule has 1 aromatic heterocycles. The highest BCUT2D eigenvalue weighted by molar-refractivity contribution is 7.99. The summed E-state index contributed by atoms with van der Waals surface area (Å²) in [5, 5.41) is 0. The second-order valence-electron chi connectivity index (χ2n) is 4.52. The molecule has 0 atom stereocenters. The summed E-state index contributed by atoms with van der Waals surface area (Å²) >= 11 is 1.43. The van der Waals surface area contributed by atoms with Crippen molar-refractivity contribution in [3.05, 3.63) is 47.7 Å². The number of nitrogen functional groups attached to an aromatic ring is 1. The molecule has 1 amide bonds. The topological polar surface area (TPSA) is 68.0 Å². The van der Waals surface area contributed by atoms with Crippen LogP contribution in [0, 0.1) is 0 Å². The molecule has 0 spiro atoms. The minimum absolute atomic E-state index is 0.150. The number of aromatic nitrogens is 1. The average molecular weight is 341 g/mol. The summed E-state index contributed by atoms with van der Waals surface area (Å²) in [5.41, 5.74) is 2.32. The number of thioether (sulfide) groups is 1. The maximum atomic E-state index is 12.6. The fourth-order valence-electron chi connectivity index (χ4n) is 1.94. The summed E-state index contributed by atoms with van der Waals surface area (Å²) in [5.74, 6) is 5.35. The van der Waals surface area contributed by atoms with Crippen LogP contribution in [0.25, 0.3) is 11.3 Å². The Balaban J connectivity index is 2.42. The predicted molar refractivity (Wildman–Crippen MR) is 82.7 cm³/mol. The molecule has 0 saturated heterocycles. The number of nitrogens with two attached hydrogens (primary N) is 1. The third-order valence-electron chi connectivity index (χ3n) is 3.01. The second-order valence-corrected chi connectivity index (χ2v) is 5.83. The molecule has 0 unspecified atom stereocenters. The van der Waals surface area contributed by atoms with E-state index in [2.05, 4.69) is 4.98 Å². The van der Waals surface area contributed by atoms with Crippen LogP contribution in [0.4, 0.5) is 13.2 Å². The summed E-state index contributed by atoms with van der Waals surface area (Å²) in [6, 6.07) is 7.97. The largest absolute Gasteiger partial charge is 0.416 e. The van der Waals surface area contributed by atoms with E-state index >= 15 is 0 Å². The van der Waals surface area contributed by atoms with Gasteiger partial charge >= 0.3 is 6.18 Å². The van der Waals surface area contributed by atoms with Crippen molar-refractivity contribution in [2.24, 2.45) is 5.84 Å². The zero-order valence-corrected chi connectivity index (χ0v) is 13.0. The van der Waals surface area contributed by atoms with E-state index in [1.165, 1.54) is 23.9 Å². The van der Waals surface area contributed by atoms with E-state index in [-0.39, 0.29) is 5.69 Å². The van der Waals surface area contributed by atoms with Gasteiger partial charge in [0, 0.05) is 10.5 Å². The smallest absolute Gasteiger partial charge is 0.289 e. The van der Waals surface area contributed by atoms with Crippen LogP contribution >= 0.6 is 11.8 Å². The molecule has 4 nitrogen and oxygen atoms in total. The third-order valence-corrected chi connectivity index (χ3v) is 3.94. The molecule has 0 bridgehead atoms. The first-order valence-electron chi connectivity index (χ1n) is 6.69. The zero-order chi connectivity index (χ0) is 17.0. The van der Waals surface area contributed by atoms with Crippen molar-refractivity contribution in [2.45, 2.75) is 18.0 Å². The highest BCUT2D eigenvalue weighted by atomic mass is 32.2. The Hall–Kier alpha value is -2.06. The van der Waals surface area contributed by atoms with Gasteiger partial charge in [-0.1, -0.05) is 19.1 Å². The van der Waals surface area contributed by atoms with Gasteiger partial charge in [-0.15, -0.1) is 11.8 Å². The summed E-state index contributed by atoms with van der Waals surface area (Å²) in [6.45, 7) is 1.93. The first-order chi connectivity index (χ1) is 10.9. The molecule has 1 heterocycles. The first-order valence-corrected chi connectivity index (χ1v) is 7.67. The summed E-state index contributed by atoms with van der Waals surface area (Å²) in [6.07, 6.45) is -4.39. The summed E-state index contributed by atoms with van der Waals surface area (Å²) in [4.78, 5) is 16.7. The molecule has 3 N–H and O–H groups in total. The van der Waals surface area contributed by atoms with Gasteiger partial charge in [0.05, 0.1) is 11.3 Å². The van der Waals surface area contributed by atoms with E-state index in [0.29, 0.717) is 16.2 Å². The third kappa shape index (κ3) is 4.02. The number of carbonyl (C=O) groups excluding carboxylic acids is 1. The normalized spacial score (nSPS) is 11.3. The van der Waals surface area contributed by atoms with Gasteiger partial charge in [-0.3, -0.25) is 10.2 Å². The van der Waals surface area contributed by atoms with Gasteiger partial charge in [-0.05, 0) is 30.0 Å². The number of pyridine rings is 1. The maximum Gasteiger partial charge on any atom is 0.416 e. The van der Waals surface area contributed by atoms with E-state index in [1.54, 1.807) is 12.1 Å². The van der Waals surface area contributed by atoms with Crippen LogP contribution in [0.15, 0.2) is 41.3 Å². The molecule has 0 radical (unpaired) electrons. The van der Waals surface area contributed by atoms with Crippen molar-refractivity contribution < 1.29 is 18.0 Å². The number of alkyl halides is 3. The highest BCUT2D eigenvalue weighted by Crippen LogP contribution is 2.31. The number of benzene rings is 1. The number of hydrogen-bond donors (Lipinski definition) is 2. The Labute approximate surface area is 135 Å². The minimum atomic E-state index is -4.39. The molecule has 0 saturated carbocycles. The SMILES string of the molecule is CCSc1ccc(-c2ccc(C(F)(F)F)cc2)nc1C(=O)NN. The number of carbonyl (C=O) groups is 1. The number of amides is 1. The molecule has 0 aliphatic rings. The van der Waals surface area contributed by atoms with Gasteiger partial charge < -0.3 is 0 Å². The Morgan fingerprint density at radius 1 is 1.22 bits per heavy atom. The lowest BCUT2D eigenvalue weighted by Crippen LogP contribution is -2.31. The molecule has 23 heavy (non-hydrogen) atoms. The minimum Gasteiger partial charge on any atom is -0.289 e. The van der Waals surface area contributed by atoms with Gasteiger partial charge in [0.2, 0.25) is 0 Å². The molecule has 1 aromatic carbocycles. The molecule has 8 heteroatoms. The van der Waals surface area contributed by atoms with E-state index in [0.717, 1.165) is 17.9 Å². The van der Waals surface area contributed by atoms with Crippen LogP contribution < -0.4 is 11.3 Å². The lowest BCUT2D eigenvalue weighted by molar-refractivity contribution is -0.137. The van der Waals surface area contributed by atoms with Gasteiger partial charge in [0.1, 0.15) is 5.69 Å². The number of hydrazine groups is 1. The molecule has 2 rings (SSSR count). The van der Waals surface area contributed by atoms with Crippen molar-refractivity contribution in [3.63, 3.8) is 0 Å². The van der Waals surface area contributed by atoms with Gasteiger partial charge in [-0.2, -0.15) is 13.2 Å². The Kier molecular flexibility index (Phi) is 5.27. The van der Waals surface area contributed by atoms with Crippen LogP contribution in [0.1, 0.15) is 23.0 Å². The Morgan fingerprint density at radius 2 is 1.87 bits per heavy atom. The standard InChI is InChI=1S/C15H14F3N3OS/c1-2-23-12-8-7-11(20-13(12)14(22)21-19)9-3-5-10(6-4-9)15(16,17)18/h3-8H,2,19H2,1H3,(H,21,22). The zero-order valence-electron chi connectivity index (χ0n) is 12.1. The van der Waals surface area contributed by atoms with Crippen molar-refractivity contribution in [3.8, 4) is 11.3 Å². The first kappa shape index (κ1) is 17.3. The van der Waals surface area contributed by atoms with Gasteiger partial charge in [0.15, 0.2) is 0 Å². The van der Waals surface area contributed by atoms with E-state index in [1.807, 2.05) is 12.3 Å². The molecular weight excluding hydrogens is 327 g/mol. The fraction of sp³-hybridized carbons (Fsp3) is 0.200. The molecule has 122 valence electrons. The monoisotopic (exact) mass is 341 g/mol. The van der Waals surface area contributed by atoms with E-state index in [4.69, 9.17) is 5.84 Å². The van der Waals surface area contributed by atoms with Crippen LogP contribution in [-0.2, 0) is 6.18 Å². The molecule has 0 aliphatic carbocycles. The van der Waals surface area contributed by atoms with E-state index in [9.17, 15) is 18.0 Å². The van der Waals surface area contributed by atoms with Gasteiger partial charge in [0.25, 0.3) is 5.91 Å². The quantitative estimate of drug-likeness (QED) is 0.387.